The monoisotopic (exact) mass is 553 g/mol. The molecule has 0 saturated carbocycles. The van der Waals surface area contributed by atoms with Gasteiger partial charge in [0.2, 0.25) is 0 Å². The van der Waals surface area contributed by atoms with E-state index in [-0.39, 0.29) is 0 Å². The molecule has 9 heteroatoms. The summed E-state index contributed by atoms with van der Waals surface area (Å²) in [4.78, 5) is 12.2. The van der Waals surface area contributed by atoms with E-state index in [0.717, 1.165) is 15.7 Å². The summed E-state index contributed by atoms with van der Waals surface area (Å²) in [6.45, 7) is 0. The second-order valence-electron chi connectivity index (χ2n) is 5.34. The van der Waals surface area contributed by atoms with Crippen molar-refractivity contribution in [1.29, 1.82) is 0 Å². The number of amides is 1. The number of halogens is 4. The third-order valence-electron chi connectivity index (χ3n) is 3.20. The van der Waals surface area contributed by atoms with Gasteiger partial charge in [0.1, 0.15) is 0 Å². The maximum absolute atomic E-state index is 12.2. The number of nitrogens with one attached hydrogen (secondary N) is 3. The van der Waals surface area contributed by atoms with Gasteiger partial charge in [-0.2, -0.15) is 0 Å². The van der Waals surface area contributed by atoms with Crippen LogP contribution in [-0.4, -0.2) is 36.1 Å². The molecule has 0 aliphatic carbocycles. The van der Waals surface area contributed by atoms with Gasteiger partial charge in [-0.15, -0.1) is 0 Å². The first kappa shape index (κ1) is 22.3. The standard InChI is InChI=1S/C18H15BrCl3N3OSe/c19-13-7-4-8-14(11-13)23-17(27)25-16(18(20,21)22)24-15(26)10-9-12-5-2-1-3-6-12/h1-11,16H,(H,24,26)(H2,23,25,27)/b10-9+. The number of hydrogen-bond donors (Lipinski definition) is 3. The molecule has 2 aromatic carbocycles. The number of rotatable bonds is 7. The molecule has 2 aromatic rings. The van der Waals surface area contributed by atoms with Crippen LogP contribution >= 0.6 is 50.7 Å². The van der Waals surface area contributed by atoms with Gasteiger partial charge in [0.15, 0.2) is 0 Å². The molecule has 27 heavy (non-hydrogen) atoms. The van der Waals surface area contributed by atoms with Crippen molar-refractivity contribution in [3.63, 3.8) is 0 Å². The van der Waals surface area contributed by atoms with Gasteiger partial charge in [-0.25, -0.2) is 0 Å². The van der Waals surface area contributed by atoms with Crippen LogP contribution in [0.4, 0.5) is 5.69 Å². The fourth-order valence-corrected chi connectivity index (χ4v) is 3.21. The summed E-state index contributed by atoms with van der Waals surface area (Å²) >= 11 is 24.2. The van der Waals surface area contributed by atoms with Crippen LogP contribution < -0.4 is 16.0 Å². The van der Waals surface area contributed by atoms with Gasteiger partial charge in [-0.3, -0.25) is 0 Å². The fraction of sp³-hybridized carbons (Fsp3) is 0.111. The van der Waals surface area contributed by atoms with Crippen LogP contribution in [-0.2, 0) is 4.79 Å². The SMILES string of the molecule is O=C(/C=C/c1ccccc1)NC(NC(=[Se])Nc1cccc(Br)c1)C(Cl)(Cl)Cl. The van der Waals surface area contributed by atoms with Gasteiger partial charge in [0.05, 0.1) is 0 Å². The zero-order valence-electron chi connectivity index (χ0n) is 13.8. The van der Waals surface area contributed by atoms with E-state index in [2.05, 4.69) is 47.5 Å². The second kappa shape index (κ2) is 10.5. The Labute approximate surface area is 189 Å². The molecule has 1 atom stereocenters. The Kier molecular flexibility index (Phi) is 8.67. The van der Waals surface area contributed by atoms with Crippen LogP contribution in [0, 0.1) is 0 Å². The minimum absolute atomic E-state index is 0.405. The number of carbonyl (C=O) groups excluding carboxylic acids is 1. The molecule has 2 rings (SSSR count). The van der Waals surface area contributed by atoms with Crippen LogP contribution in [0.1, 0.15) is 5.56 Å². The first-order valence-corrected chi connectivity index (χ1v) is 10.5. The third-order valence-corrected chi connectivity index (χ3v) is 4.81. The summed E-state index contributed by atoms with van der Waals surface area (Å²) in [5.41, 5.74) is 1.70. The Balaban J connectivity index is 1.99. The van der Waals surface area contributed by atoms with Crippen LogP contribution in [0.25, 0.3) is 6.08 Å². The molecule has 1 unspecified atom stereocenters. The molecule has 0 spiro atoms. The van der Waals surface area contributed by atoms with Crippen molar-refractivity contribution in [2.75, 3.05) is 5.32 Å². The van der Waals surface area contributed by atoms with Gasteiger partial charge in [0.25, 0.3) is 0 Å². The van der Waals surface area contributed by atoms with E-state index in [9.17, 15) is 4.79 Å². The van der Waals surface area contributed by atoms with Crippen molar-refractivity contribution in [3.05, 3.63) is 70.7 Å². The molecule has 0 fully saturated rings. The van der Waals surface area contributed by atoms with Crippen molar-refractivity contribution in [2.24, 2.45) is 0 Å². The van der Waals surface area contributed by atoms with E-state index < -0.39 is 15.9 Å². The Morgan fingerprint density at radius 1 is 1.07 bits per heavy atom. The Hall–Kier alpha value is -1.01. The molecule has 0 aromatic heterocycles. The first-order valence-electron chi connectivity index (χ1n) is 7.67. The van der Waals surface area contributed by atoms with Crippen molar-refractivity contribution in [2.45, 2.75) is 9.96 Å². The molecule has 0 aliphatic heterocycles. The van der Waals surface area contributed by atoms with Crippen molar-refractivity contribution in [1.82, 2.24) is 10.6 Å². The van der Waals surface area contributed by atoms with E-state index in [1.165, 1.54) is 6.08 Å². The molecule has 0 heterocycles. The van der Waals surface area contributed by atoms with E-state index in [1.54, 1.807) is 6.08 Å². The predicted molar refractivity (Wildman–Crippen MR) is 119 cm³/mol. The van der Waals surface area contributed by atoms with Crippen molar-refractivity contribution in [3.8, 4) is 0 Å². The third kappa shape index (κ3) is 8.26. The molecule has 0 saturated heterocycles. The van der Waals surface area contributed by atoms with Gasteiger partial charge in [-0.1, -0.05) is 0 Å². The normalized spacial score (nSPS) is 12.4. The molecular weight excluding hydrogens is 539 g/mol. The van der Waals surface area contributed by atoms with Gasteiger partial charge < -0.3 is 0 Å². The number of hydrogen-bond acceptors (Lipinski definition) is 3. The summed E-state index contributed by atoms with van der Waals surface area (Å²) in [6, 6.07) is 16.9. The Morgan fingerprint density at radius 3 is 2.41 bits per heavy atom. The molecule has 3 N–H and O–H groups in total. The summed E-state index contributed by atoms with van der Waals surface area (Å²) in [5, 5.41) is 8.65. The molecular formula is C18H15BrCl3N3OSe. The molecule has 142 valence electrons. The number of benzene rings is 2. The van der Waals surface area contributed by atoms with Gasteiger partial charge in [-0.05, 0) is 0 Å². The number of alkyl halides is 3. The summed E-state index contributed by atoms with van der Waals surface area (Å²) in [7, 11) is 0. The topological polar surface area (TPSA) is 53.2 Å². The average Bonchev–Trinajstić information content (AvgIpc) is 2.59. The van der Waals surface area contributed by atoms with E-state index in [4.69, 9.17) is 34.8 Å². The number of carbonyl (C=O) groups is 1. The minimum atomic E-state index is -1.77. The molecule has 1 amide bonds. The van der Waals surface area contributed by atoms with Crippen LogP contribution in [0.5, 0.6) is 0 Å². The zero-order chi connectivity index (χ0) is 19.9. The van der Waals surface area contributed by atoms with Gasteiger partial charge >= 0.3 is 190 Å². The Morgan fingerprint density at radius 2 is 1.78 bits per heavy atom. The van der Waals surface area contributed by atoms with E-state index in [1.807, 2.05) is 54.6 Å². The van der Waals surface area contributed by atoms with Crippen LogP contribution in [0.3, 0.4) is 0 Å². The average molecular weight is 555 g/mol. The second-order valence-corrected chi connectivity index (χ2v) is 9.48. The molecule has 0 radical (unpaired) electrons. The summed E-state index contributed by atoms with van der Waals surface area (Å²) in [5.74, 6) is -0.405. The fourth-order valence-electron chi connectivity index (χ4n) is 1.99. The van der Waals surface area contributed by atoms with Crippen LogP contribution in [0.2, 0.25) is 0 Å². The predicted octanol–water partition coefficient (Wildman–Crippen LogP) is 4.23. The van der Waals surface area contributed by atoms with Crippen molar-refractivity contribution >= 4 is 88.6 Å². The maximum atomic E-state index is 12.2. The number of anilines is 1. The molecule has 4 nitrogen and oxygen atoms in total. The van der Waals surface area contributed by atoms with Crippen molar-refractivity contribution < 1.29 is 4.79 Å². The zero-order valence-corrected chi connectivity index (χ0v) is 19.3. The van der Waals surface area contributed by atoms with E-state index >= 15 is 0 Å². The first-order chi connectivity index (χ1) is 12.7. The van der Waals surface area contributed by atoms with Gasteiger partial charge in [0, 0.05) is 0 Å². The molecule has 0 aliphatic rings. The summed E-state index contributed by atoms with van der Waals surface area (Å²) in [6.07, 6.45) is 2.08. The van der Waals surface area contributed by atoms with Crippen LogP contribution in [0.15, 0.2) is 65.1 Å². The Bertz CT molecular complexity index is 828. The summed E-state index contributed by atoms with van der Waals surface area (Å²) < 4.78 is -0.376. The van der Waals surface area contributed by atoms with E-state index in [0.29, 0.717) is 4.67 Å². The molecule has 0 bridgehead atoms. The quantitative estimate of drug-likeness (QED) is 0.208.